The van der Waals surface area contributed by atoms with E-state index >= 15 is 0 Å². The molecule has 0 bridgehead atoms. The van der Waals surface area contributed by atoms with Crippen molar-refractivity contribution in [2.24, 2.45) is 7.05 Å². The van der Waals surface area contributed by atoms with Crippen LogP contribution in [0, 0.1) is 11.8 Å². The van der Waals surface area contributed by atoms with Crippen molar-refractivity contribution in [1.82, 2.24) is 14.9 Å². The van der Waals surface area contributed by atoms with Gasteiger partial charge >= 0.3 is 0 Å². The Kier molecular flexibility index (Phi) is 3.36. The second-order valence-corrected chi connectivity index (χ2v) is 2.52. The second kappa shape index (κ2) is 4.58. The van der Waals surface area contributed by atoms with Gasteiger partial charge < -0.3 is 9.88 Å². The summed E-state index contributed by atoms with van der Waals surface area (Å²) in [5.41, 5.74) is 0. The van der Waals surface area contributed by atoms with Crippen LogP contribution in [0.4, 0.5) is 0 Å². The van der Waals surface area contributed by atoms with Gasteiger partial charge in [-0.05, 0) is 13.0 Å². The molecule has 0 radical (unpaired) electrons. The van der Waals surface area contributed by atoms with Gasteiger partial charge in [0.1, 0.15) is 0 Å². The highest BCUT2D eigenvalue weighted by molar-refractivity contribution is 5.21. The van der Waals surface area contributed by atoms with Crippen molar-refractivity contribution < 1.29 is 0 Å². The van der Waals surface area contributed by atoms with E-state index in [0.29, 0.717) is 0 Å². The first kappa shape index (κ1) is 8.82. The SMILES string of the molecule is CNCCC#Cc1nccn1C. The zero-order valence-electron chi connectivity index (χ0n) is 7.46. The van der Waals surface area contributed by atoms with Gasteiger partial charge in [0.25, 0.3) is 0 Å². The summed E-state index contributed by atoms with van der Waals surface area (Å²) < 4.78 is 1.91. The summed E-state index contributed by atoms with van der Waals surface area (Å²) in [6.45, 7) is 0.928. The summed E-state index contributed by atoms with van der Waals surface area (Å²) in [7, 11) is 3.86. The van der Waals surface area contributed by atoms with Crippen molar-refractivity contribution in [2.45, 2.75) is 6.42 Å². The van der Waals surface area contributed by atoms with Gasteiger partial charge in [-0.15, -0.1) is 0 Å². The highest BCUT2D eigenvalue weighted by Crippen LogP contribution is 1.89. The lowest BCUT2D eigenvalue weighted by molar-refractivity contribution is 0.817. The molecule has 0 spiro atoms. The summed E-state index contributed by atoms with van der Waals surface area (Å²) in [6.07, 6.45) is 4.51. The van der Waals surface area contributed by atoms with E-state index in [2.05, 4.69) is 22.1 Å². The molecule has 0 saturated heterocycles. The highest BCUT2D eigenvalue weighted by Gasteiger charge is 1.90. The van der Waals surface area contributed by atoms with Gasteiger partial charge in [-0.2, -0.15) is 0 Å². The molecule has 1 aromatic heterocycles. The molecule has 1 rings (SSSR count). The Bertz CT molecular complexity index is 290. The van der Waals surface area contributed by atoms with Crippen LogP contribution in [0.5, 0.6) is 0 Å². The van der Waals surface area contributed by atoms with Crippen molar-refractivity contribution >= 4 is 0 Å². The standard InChI is InChI=1S/C9H13N3/c1-10-6-4-3-5-9-11-7-8-12(9)2/h7-8,10H,4,6H2,1-2H3. The first-order valence-electron chi connectivity index (χ1n) is 3.95. The Morgan fingerprint density at radius 1 is 1.67 bits per heavy atom. The monoisotopic (exact) mass is 163 g/mol. The van der Waals surface area contributed by atoms with E-state index in [1.807, 2.05) is 24.9 Å². The third kappa shape index (κ3) is 2.40. The topological polar surface area (TPSA) is 29.9 Å². The fourth-order valence-electron chi connectivity index (χ4n) is 0.815. The smallest absolute Gasteiger partial charge is 0.185 e. The first-order valence-corrected chi connectivity index (χ1v) is 3.95. The maximum absolute atomic E-state index is 4.08. The Morgan fingerprint density at radius 2 is 2.50 bits per heavy atom. The quantitative estimate of drug-likeness (QED) is 0.504. The van der Waals surface area contributed by atoms with Crippen LogP contribution >= 0.6 is 0 Å². The van der Waals surface area contributed by atoms with Gasteiger partial charge in [0, 0.05) is 32.4 Å². The molecular formula is C9H13N3. The zero-order valence-corrected chi connectivity index (χ0v) is 7.46. The van der Waals surface area contributed by atoms with Gasteiger partial charge in [0.15, 0.2) is 5.82 Å². The van der Waals surface area contributed by atoms with Crippen LogP contribution in [0.2, 0.25) is 0 Å². The predicted octanol–water partition coefficient (Wildman–Crippen LogP) is 0.381. The van der Waals surface area contributed by atoms with E-state index in [1.165, 1.54) is 0 Å². The normalized spacial score (nSPS) is 9.17. The Morgan fingerprint density at radius 3 is 3.08 bits per heavy atom. The second-order valence-electron chi connectivity index (χ2n) is 2.52. The molecule has 3 heteroatoms. The van der Waals surface area contributed by atoms with Gasteiger partial charge in [-0.3, -0.25) is 0 Å². The summed E-state index contributed by atoms with van der Waals surface area (Å²) in [4.78, 5) is 4.08. The fourth-order valence-corrected chi connectivity index (χ4v) is 0.815. The van der Waals surface area contributed by atoms with E-state index in [9.17, 15) is 0 Å². The van der Waals surface area contributed by atoms with Crippen LogP contribution in [0.25, 0.3) is 0 Å². The number of rotatable bonds is 2. The molecule has 0 aliphatic carbocycles. The first-order chi connectivity index (χ1) is 5.84. The molecule has 1 heterocycles. The Balaban J connectivity index is 2.49. The van der Waals surface area contributed by atoms with Gasteiger partial charge in [0.2, 0.25) is 0 Å². The molecule has 3 nitrogen and oxygen atoms in total. The summed E-state index contributed by atoms with van der Waals surface area (Å²) >= 11 is 0. The number of hydrogen-bond donors (Lipinski definition) is 1. The van der Waals surface area contributed by atoms with E-state index < -0.39 is 0 Å². The molecular weight excluding hydrogens is 150 g/mol. The van der Waals surface area contributed by atoms with Crippen molar-refractivity contribution in [3.05, 3.63) is 18.2 Å². The molecule has 0 saturated carbocycles. The summed E-state index contributed by atoms with van der Waals surface area (Å²) in [6, 6.07) is 0. The molecule has 12 heavy (non-hydrogen) atoms. The van der Waals surface area contributed by atoms with Crippen molar-refractivity contribution in [3.63, 3.8) is 0 Å². The van der Waals surface area contributed by atoms with Crippen LogP contribution < -0.4 is 5.32 Å². The van der Waals surface area contributed by atoms with Gasteiger partial charge in [0.05, 0.1) is 0 Å². The molecule has 0 amide bonds. The third-order valence-electron chi connectivity index (χ3n) is 1.52. The third-order valence-corrected chi connectivity index (χ3v) is 1.52. The van der Waals surface area contributed by atoms with Crippen LogP contribution in [-0.4, -0.2) is 23.1 Å². The van der Waals surface area contributed by atoms with Crippen LogP contribution in [-0.2, 0) is 7.05 Å². The van der Waals surface area contributed by atoms with Crippen LogP contribution in [0.15, 0.2) is 12.4 Å². The minimum Gasteiger partial charge on any atom is -0.327 e. The Hall–Kier alpha value is -1.27. The number of nitrogens with one attached hydrogen (secondary N) is 1. The zero-order chi connectivity index (χ0) is 8.81. The molecule has 0 aliphatic heterocycles. The molecule has 64 valence electrons. The molecule has 0 unspecified atom stereocenters. The summed E-state index contributed by atoms with van der Waals surface area (Å²) in [5.74, 6) is 6.85. The molecule has 1 aromatic rings. The maximum atomic E-state index is 4.08. The van der Waals surface area contributed by atoms with E-state index in [0.717, 1.165) is 18.8 Å². The van der Waals surface area contributed by atoms with Crippen molar-refractivity contribution in [3.8, 4) is 11.8 Å². The lowest BCUT2D eigenvalue weighted by atomic mass is 10.4. The largest absolute Gasteiger partial charge is 0.327 e. The molecule has 0 aliphatic rings. The lowest BCUT2D eigenvalue weighted by Crippen LogP contribution is -2.06. The van der Waals surface area contributed by atoms with Gasteiger partial charge in [-0.25, -0.2) is 4.98 Å². The number of imidazole rings is 1. The van der Waals surface area contributed by atoms with Crippen molar-refractivity contribution in [2.75, 3.05) is 13.6 Å². The van der Waals surface area contributed by atoms with Crippen molar-refractivity contribution in [1.29, 1.82) is 0 Å². The molecule has 0 aromatic carbocycles. The molecule has 1 N–H and O–H groups in total. The average molecular weight is 163 g/mol. The Labute approximate surface area is 72.8 Å². The number of aromatic nitrogens is 2. The summed E-state index contributed by atoms with van der Waals surface area (Å²) in [5, 5.41) is 3.03. The highest BCUT2D eigenvalue weighted by atomic mass is 15.0. The number of nitrogens with zero attached hydrogens (tertiary/aromatic N) is 2. The van der Waals surface area contributed by atoms with E-state index in [-0.39, 0.29) is 0 Å². The number of hydrogen-bond acceptors (Lipinski definition) is 2. The number of aryl methyl sites for hydroxylation is 1. The lowest BCUT2D eigenvalue weighted by Gasteiger charge is -1.90. The van der Waals surface area contributed by atoms with Crippen LogP contribution in [0.3, 0.4) is 0 Å². The predicted molar refractivity (Wildman–Crippen MR) is 48.6 cm³/mol. The van der Waals surface area contributed by atoms with Gasteiger partial charge in [-0.1, -0.05) is 5.92 Å². The molecule has 0 atom stereocenters. The fraction of sp³-hybridized carbons (Fsp3) is 0.444. The molecule has 0 fully saturated rings. The minimum absolute atomic E-state index is 0.825. The van der Waals surface area contributed by atoms with E-state index in [4.69, 9.17) is 0 Å². The van der Waals surface area contributed by atoms with E-state index in [1.54, 1.807) is 6.20 Å². The van der Waals surface area contributed by atoms with Crippen LogP contribution in [0.1, 0.15) is 12.2 Å². The minimum atomic E-state index is 0.825. The maximum Gasteiger partial charge on any atom is 0.185 e. The average Bonchev–Trinajstić information content (AvgIpc) is 2.46.